The second-order valence-electron chi connectivity index (χ2n) is 6.30. The van der Waals surface area contributed by atoms with Gasteiger partial charge in [-0.05, 0) is 24.3 Å². The molecule has 11 heteroatoms. The Labute approximate surface area is 164 Å². The number of urea groups is 1. The van der Waals surface area contributed by atoms with Crippen molar-refractivity contribution >= 4 is 23.6 Å². The van der Waals surface area contributed by atoms with E-state index in [9.17, 15) is 22.8 Å². The van der Waals surface area contributed by atoms with E-state index in [0.29, 0.717) is 18.9 Å². The van der Waals surface area contributed by atoms with Crippen molar-refractivity contribution in [2.75, 3.05) is 43.4 Å². The van der Waals surface area contributed by atoms with Gasteiger partial charge in [0.25, 0.3) is 5.91 Å². The highest BCUT2D eigenvalue weighted by molar-refractivity contribution is 5.96. The standard InChI is InChI=1S/C18H19F3N6O2/c1-22-17(29)23-14-6-7-15(25-24-14)26-8-10-27(11-9-26)16(28)12-4-2-3-5-13(12)18(19,20)21/h2-7H,8-11H2,1H3,(H2,22,23,24,29). The topological polar surface area (TPSA) is 90.5 Å². The Bertz CT molecular complexity index is 880. The van der Waals surface area contributed by atoms with Crippen LogP contribution in [0.25, 0.3) is 0 Å². The van der Waals surface area contributed by atoms with E-state index in [-0.39, 0.29) is 24.5 Å². The number of nitrogens with one attached hydrogen (secondary N) is 2. The summed E-state index contributed by atoms with van der Waals surface area (Å²) < 4.78 is 39.5. The highest BCUT2D eigenvalue weighted by Crippen LogP contribution is 2.32. The van der Waals surface area contributed by atoms with Crippen molar-refractivity contribution in [3.05, 3.63) is 47.5 Å². The number of piperazine rings is 1. The van der Waals surface area contributed by atoms with Gasteiger partial charge in [0, 0.05) is 33.2 Å². The largest absolute Gasteiger partial charge is 0.417 e. The molecule has 1 aliphatic rings. The van der Waals surface area contributed by atoms with Gasteiger partial charge in [-0.25, -0.2) is 4.79 Å². The maximum atomic E-state index is 13.2. The van der Waals surface area contributed by atoms with E-state index in [4.69, 9.17) is 0 Å². The number of rotatable bonds is 3. The Morgan fingerprint density at radius 1 is 1.00 bits per heavy atom. The fourth-order valence-electron chi connectivity index (χ4n) is 2.97. The predicted molar refractivity (Wildman–Crippen MR) is 99.7 cm³/mol. The van der Waals surface area contributed by atoms with E-state index in [1.165, 1.54) is 30.1 Å². The fourth-order valence-corrected chi connectivity index (χ4v) is 2.97. The van der Waals surface area contributed by atoms with Crippen LogP contribution < -0.4 is 15.5 Å². The van der Waals surface area contributed by atoms with Crippen LogP contribution in [0.15, 0.2) is 36.4 Å². The number of alkyl halides is 3. The van der Waals surface area contributed by atoms with Crippen LogP contribution in [0.1, 0.15) is 15.9 Å². The number of aromatic nitrogens is 2. The van der Waals surface area contributed by atoms with Crippen molar-refractivity contribution in [3.8, 4) is 0 Å². The van der Waals surface area contributed by atoms with Crippen LogP contribution in [-0.4, -0.2) is 60.3 Å². The smallest absolute Gasteiger partial charge is 0.352 e. The number of nitrogens with zero attached hydrogens (tertiary/aromatic N) is 4. The van der Waals surface area contributed by atoms with Gasteiger partial charge in [-0.15, -0.1) is 10.2 Å². The Balaban J connectivity index is 1.64. The maximum absolute atomic E-state index is 13.2. The van der Waals surface area contributed by atoms with Gasteiger partial charge in [0.2, 0.25) is 0 Å². The maximum Gasteiger partial charge on any atom is 0.417 e. The molecule has 2 aromatic rings. The van der Waals surface area contributed by atoms with E-state index >= 15 is 0 Å². The number of benzene rings is 1. The molecule has 2 heterocycles. The lowest BCUT2D eigenvalue weighted by molar-refractivity contribution is -0.138. The van der Waals surface area contributed by atoms with Gasteiger partial charge in [-0.2, -0.15) is 13.2 Å². The molecule has 1 aromatic heterocycles. The van der Waals surface area contributed by atoms with Crippen LogP contribution in [0.2, 0.25) is 0 Å². The van der Waals surface area contributed by atoms with Crippen LogP contribution in [0.4, 0.5) is 29.6 Å². The zero-order valence-corrected chi connectivity index (χ0v) is 15.5. The van der Waals surface area contributed by atoms with E-state index in [2.05, 4.69) is 20.8 Å². The second kappa shape index (κ2) is 8.33. The first-order valence-electron chi connectivity index (χ1n) is 8.82. The number of carbonyl (C=O) groups is 2. The molecule has 0 saturated carbocycles. The van der Waals surface area contributed by atoms with Gasteiger partial charge in [0.15, 0.2) is 11.6 Å². The molecule has 0 unspecified atom stereocenters. The molecule has 1 aromatic carbocycles. The minimum Gasteiger partial charge on any atom is -0.352 e. The fraction of sp³-hybridized carbons (Fsp3) is 0.333. The quantitative estimate of drug-likeness (QED) is 0.813. The van der Waals surface area contributed by atoms with Crippen LogP contribution in [-0.2, 0) is 6.18 Å². The molecule has 1 fully saturated rings. The van der Waals surface area contributed by atoms with Crippen LogP contribution in [0.5, 0.6) is 0 Å². The Morgan fingerprint density at radius 3 is 2.28 bits per heavy atom. The molecular weight excluding hydrogens is 389 g/mol. The van der Waals surface area contributed by atoms with Crippen LogP contribution in [0.3, 0.4) is 0 Å². The van der Waals surface area contributed by atoms with Crippen molar-refractivity contribution in [2.45, 2.75) is 6.18 Å². The number of amides is 3. The van der Waals surface area contributed by atoms with E-state index in [0.717, 1.165) is 6.07 Å². The van der Waals surface area contributed by atoms with Gasteiger partial charge in [-0.1, -0.05) is 12.1 Å². The summed E-state index contributed by atoms with van der Waals surface area (Å²) in [6, 6.07) is 7.64. The zero-order valence-electron chi connectivity index (χ0n) is 15.5. The molecule has 2 N–H and O–H groups in total. The third-order valence-electron chi connectivity index (χ3n) is 4.47. The summed E-state index contributed by atoms with van der Waals surface area (Å²) in [5, 5.41) is 12.8. The van der Waals surface area contributed by atoms with Crippen molar-refractivity contribution in [2.24, 2.45) is 0 Å². The first-order chi connectivity index (χ1) is 13.8. The lowest BCUT2D eigenvalue weighted by Gasteiger charge is -2.35. The molecule has 0 aliphatic carbocycles. The first-order valence-corrected chi connectivity index (χ1v) is 8.82. The van der Waals surface area contributed by atoms with Gasteiger partial charge in [0.05, 0.1) is 11.1 Å². The minimum atomic E-state index is -4.59. The van der Waals surface area contributed by atoms with Gasteiger partial charge < -0.3 is 15.1 Å². The first kappa shape index (κ1) is 20.4. The van der Waals surface area contributed by atoms with Crippen LogP contribution in [0, 0.1) is 0 Å². The molecule has 154 valence electrons. The number of halogens is 3. The molecule has 1 aliphatic heterocycles. The molecular formula is C18H19F3N6O2. The molecule has 29 heavy (non-hydrogen) atoms. The third-order valence-corrected chi connectivity index (χ3v) is 4.47. The Kier molecular flexibility index (Phi) is 5.85. The molecule has 8 nitrogen and oxygen atoms in total. The van der Waals surface area contributed by atoms with E-state index in [1.54, 1.807) is 12.1 Å². The van der Waals surface area contributed by atoms with Gasteiger partial charge in [-0.3, -0.25) is 10.1 Å². The van der Waals surface area contributed by atoms with E-state index < -0.39 is 23.7 Å². The van der Waals surface area contributed by atoms with Crippen molar-refractivity contribution < 1.29 is 22.8 Å². The average Bonchev–Trinajstić information content (AvgIpc) is 2.73. The highest BCUT2D eigenvalue weighted by atomic mass is 19.4. The summed E-state index contributed by atoms with van der Waals surface area (Å²) in [5.74, 6) is 0.190. The van der Waals surface area contributed by atoms with Crippen molar-refractivity contribution in [1.29, 1.82) is 0 Å². The second-order valence-corrected chi connectivity index (χ2v) is 6.30. The summed E-state index contributed by atoms with van der Waals surface area (Å²) in [6.45, 7) is 1.31. The number of hydrogen-bond donors (Lipinski definition) is 2. The van der Waals surface area contributed by atoms with Crippen molar-refractivity contribution in [1.82, 2.24) is 20.4 Å². The van der Waals surface area contributed by atoms with Gasteiger partial charge in [0.1, 0.15) is 0 Å². The summed E-state index contributed by atoms with van der Waals surface area (Å²) in [5.41, 5.74) is -1.28. The highest BCUT2D eigenvalue weighted by Gasteiger charge is 2.36. The van der Waals surface area contributed by atoms with Crippen molar-refractivity contribution in [3.63, 3.8) is 0 Å². The Morgan fingerprint density at radius 2 is 1.69 bits per heavy atom. The van der Waals surface area contributed by atoms with Crippen LogP contribution >= 0.6 is 0 Å². The lowest BCUT2D eigenvalue weighted by Crippen LogP contribution is -2.49. The summed E-state index contributed by atoms with van der Waals surface area (Å²) in [6.07, 6.45) is -4.59. The summed E-state index contributed by atoms with van der Waals surface area (Å²) in [4.78, 5) is 27.2. The Hall–Kier alpha value is -3.37. The molecule has 0 bridgehead atoms. The minimum absolute atomic E-state index is 0.255. The predicted octanol–water partition coefficient (Wildman–Crippen LogP) is 2.21. The third kappa shape index (κ3) is 4.73. The van der Waals surface area contributed by atoms with Gasteiger partial charge >= 0.3 is 12.2 Å². The normalized spacial score (nSPS) is 14.5. The molecule has 0 radical (unpaired) electrons. The van der Waals surface area contributed by atoms with E-state index in [1.807, 2.05) is 4.90 Å². The number of hydrogen-bond acceptors (Lipinski definition) is 5. The summed E-state index contributed by atoms with van der Waals surface area (Å²) >= 11 is 0. The SMILES string of the molecule is CNC(=O)Nc1ccc(N2CCN(C(=O)c3ccccc3C(F)(F)F)CC2)nn1. The monoisotopic (exact) mass is 408 g/mol. The molecule has 1 saturated heterocycles. The number of carbonyl (C=O) groups excluding carboxylic acids is 2. The lowest BCUT2D eigenvalue weighted by atomic mass is 10.1. The average molecular weight is 408 g/mol. The summed E-state index contributed by atoms with van der Waals surface area (Å²) in [7, 11) is 1.48. The zero-order chi connectivity index (χ0) is 21.0. The molecule has 0 spiro atoms. The molecule has 3 amide bonds. The molecule has 0 atom stereocenters. The number of anilines is 2. The molecule has 3 rings (SSSR count).